The number of rotatable bonds is 5. The summed E-state index contributed by atoms with van der Waals surface area (Å²) in [5.74, 6) is 0.999. The Kier molecular flexibility index (Phi) is 4.75. The second-order valence-electron chi connectivity index (χ2n) is 5.40. The maximum atomic E-state index is 6.22. The molecule has 1 aliphatic carbocycles. The highest BCUT2D eigenvalue weighted by atomic mass is 35.5. The highest BCUT2D eigenvalue weighted by molar-refractivity contribution is 6.21. The molecule has 0 amide bonds. The topological polar surface area (TPSA) is 18.5 Å². The van der Waals surface area contributed by atoms with E-state index in [0.29, 0.717) is 0 Å². The molecule has 0 heterocycles. The fourth-order valence-corrected chi connectivity index (χ4v) is 2.78. The lowest BCUT2D eigenvalue weighted by Crippen LogP contribution is -2.52. The minimum absolute atomic E-state index is 0.0286. The number of aryl methyl sites for hydroxylation is 2. The molecule has 3 unspecified atom stereocenters. The van der Waals surface area contributed by atoms with Gasteiger partial charge in [-0.2, -0.15) is 0 Å². The summed E-state index contributed by atoms with van der Waals surface area (Å²) in [6.07, 6.45) is 1.99. The van der Waals surface area contributed by atoms with Crippen LogP contribution in [0.25, 0.3) is 0 Å². The predicted octanol–water partition coefficient (Wildman–Crippen LogP) is 4.17. The van der Waals surface area contributed by atoms with E-state index < -0.39 is 0 Å². The van der Waals surface area contributed by atoms with Crippen molar-refractivity contribution in [1.29, 1.82) is 0 Å². The average molecular weight is 283 g/mol. The molecule has 2 nitrogen and oxygen atoms in total. The van der Waals surface area contributed by atoms with Crippen molar-refractivity contribution >= 4 is 11.6 Å². The van der Waals surface area contributed by atoms with Gasteiger partial charge in [-0.3, -0.25) is 0 Å². The summed E-state index contributed by atoms with van der Waals surface area (Å²) < 4.78 is 11.9. The summed E-state index contributed by atoms with van der Waals surface area (Å²) in [6, 6.07) is 4.24. The quantitative estimate of drug-likeness (QED) is 0.755. The van der Waals surface area contributed by atoms with Crippen molar-refractivity contribution in [2.45, 2.75) is 58.1 Å². The molecule has 3 atom stereocenters. The molecule has 1 aliphatic rings. The fraction of sp³-hybridized carbons (Fsp3) is 0.625. The SMILES string of the molecule is CCCOC1C(Cl)CC1Oc1c(C)ccc(C)c1C. The Hall–Kier alpha value is -0.730. The van der Waals surface area contributed by atoms with Crippen LogP contribution in [0.4, 0.5) is 0 Å². The normalized spacial score (nSPS) is 26.1. The lowest BCUT2D eigenvalue weighted by atomic mass is 9.90. The number of hydrogen-bond donors (Lipinski definition) is 0. The Morgan fingerprint density at radius 3 is 2.53 bits per heavy atom. The second-order valence-corrected chi connectivity index (χ2v) is 5.96. The van der Waals surface area contributed by atoms with Crippen LogP contribution in [0.1, 0.15) is 36.5 Å². The Labute approximate surface area is 121 Å². The zero-order valence-corrected chi connectivity index (χ0v) is 13.0. The molecule has 1 aromatic rings. The molecule has 1 fully saturated rings. The van der Waals surface area contributed by atoms with Crippen molar-refractivity contribution in [1.82, 2.24) is 0 Å². The first-order valence-electron chi connectivity index (χ1n) is 7.03. The van der Waals surface area contributed by atoms with Crippen LogP contribution in [-0.4, -0.2) is 24.2 Å². The van der Waals surface area contributed by atoms with E-state index >= 15 is 0 Å². The predicted molar refractivity (Wildman–Crippen MR) is 79.4 cm³/mol. The van der Waals surface area contributed by atoms with Gasteiger partial charge in [0.05, 0.1) is 5.38 Å². The lowest BCUT2D eigenvalue weighted by molar-refractivity contribution is -0.0801. The third-order valence-electron chi connectivity index (χ3n) is 3.84. The van der Waals surface area contributed by atoms with E-state index in [1.54, 1.807) is 0 Å². The summed E-state index contributed by atoms with van der Waals surface area (Å²) in [5, 5.41) is 0.0852. The van der Waals surface area contributed by atoms with E-state index in [4.69, 9.17) is 21.1 Å². The molecule has 0 N–H and O–H groups in total. The fourth-order valence-electron chi connectivity index (χ4n) is 2.37. The summed E-state index contributed by atoms with van der Waals surface area (Å²) in [4.78, 5) is 0. The van der Waals surface area contributed by atoms with Gasteiger partial charge in [0.25, 0.3) is 0 Å². The van der Waals surface area contributed by atoms with Crippen LogP contribution in [0.5, 0.6) is 5.75 Å². The summed E-state index contributed by atoms with van der Waals surface area (Å²) >= 11 is 6.22. The Morgan fingerprint density at radius 2 is 1.89 bits per heavy atom. The highest BCUT2D eigenvalue weighted by Gasteiger charge is 2.43. The van der Waals surface area contributed by atoms with E-state index in [-0.39, 0.29) is 17.6 Å². The van der Waals surface area contributed by atoms with Crippen molar-refractivity contribution in [2.75, 3.05) is 6.61 Å². The van der Waals surface area contributed by atoms with Gasteiger partial charge in [0, 0.05) is 13.0 Å². The van der Waals surface area contributed by atoms with Crippen LogP contribution in [0.3, 0.4) is 0 Å². The first-order chi connectivity index (χ1) is 9.04. The van der Waals surface area contributed by atoms with Crippen LogP contribution >= 0.6 is 11.6 Å². The van der Waals surface area contributed by atoms with Gasteiger partial charge in [-0.1, -0.05) is 19.1 Å². The summed E-state index contributed by atoms with van der Waals surface area (Å²) in [7, 11) is 0. The van der Waals surface area contributed by atoms with Crippen LogP contribution in [0, 0.1) is 20.8 Å². The summed E-state index contributed by atoms with van der Waals surface area (Å²) in [5.41, 5.74) is 3.65. The molecule has 0 aliphatic heterocycles. The van der Waals surface area contributed by atoms with Gasteiger partial charge >= 0.3 is 0 Å². The van der Waals surface area contributed by atoms with Gasteiger partial charge in [0.15, 0.2) is 0 Å². The molecule has 0 spiro atoms. The van der Waals surface area contributed by atoms with E-state index in [2.05, 4.69) is 39.8 Å². The molecule has 0 radical (unpaired) electrons. The highest BCUT2D eigenvalue weighted by Crippen LogP contribution is 2.36. The van der Waals surface area contributed by atoms with Crippen LogP contribution in [0.2, 0.25) is 0 Å². The first kappa shape index (κ1) is 14.7. The first-order valence-corrected chi connectivity index (χ1v) is 7.47. The van der Waals surface area contributed by atoms with Crippen molar-refractivity contribution in [3.05, 3.63) is 28.8 Å². The molecule has 3 heteroatoms. The molecule has 1 aromatic carbocycles. The number of alkyl halides is 1. The van der Waals surface area contributed by atoms with Crippen molar-refractivity contribution < 1.29 is 9.47 Å². The molecule has 0 saturated heterocycles. The number of benzene rings is 1. The molecule has 0 bridgehead atoms. The smallest absolute Gasteiger partial charge is 0.128 e. The van der Waals surface area contributed by atoms with E-state index in [0.717, 1.165) is 25.2 Å². The molecular formula is C16H23ClO2. The Morgan fingerprint density at radius 1 is 1.21 bits per heavy atom. The number of hydrogen-bond acceptors (Lipinski definition) is 2. The minimum atomic E-state index is 0.0286. The minimum Gasteiger partial charge on any atom is -0.487 e. The van der Waals surface area contributed by atoms with Crippen LogP contribution < -0.4 is 4.74 Å². The van der Waals surface area contributed by atoms with Crippen LogP contribution in [-0.2, 0) is 4.74 Å². The zero-order valence-electron chi connectivity index (χ0n) is 12.2. The van der Waals surface area contributed by atoms with Gasteiger partial charge in [-0.25, -0.2) is 0 Å². The van der Waals surface area contributed by atoms with Gasteiger partial charge in [0.2, 0.25) is 0 Å². The molecule has 106 valence electrons. The van der Waals surface area contributed by atoms with E-state index in [1.165, 1.54) is 16.7 Å². The summed E-state index contributed by atoms with van der Waals surface area (Å²) in [6.45, 7) is 9.15. The monoisotopic (exact) mass is 282 g/mol. The average Bonchev–Trinajstić information content (AvgIpc) is 2.38. The lowest BCUT2D eigenvalue weighted by Gasteiger charge is -2.41. The second kappa shape index (κ2) is 6.15. The third kappa shape index (κ3) is 3.06. The van der Waals surface area contributed by atoms with Crippen molar-refractivity contribution in [3.63, 3.8) is 0 Å². The maximum Gasteiger partial charge on any atom is 0.128 e. The molecular weight excluding hydrogens is 260 g/mol. The largest absolute Gasteiger partial charge is 0.487 e. The molecule has 1 saturated carbocycles. The van der Waals surface area contributed by atoms with Gasteiger partial charge in [-0.15, -0.1) is 11.6 Å². The van der Waals surface area contributed by atoms with Crippen molar-refractivity contribution in [3.8, 4) is 5.75 Å². The zero-order chi connectivity index (χ0) is 14.0. The van der Waals surface area contributed by atoms with E-state index in [1.807, 2.05) is 0 Å². The standard InChI is InChI=1S/C16H23ClO2/c1-5-8-18-16-13(17)9-14(16)19-15-11(3)7-6-10(2)12(15)4/h6-7,13-14,16H,5,8-9H2,1-4H3. The van der Waals surface area contributed by atoms with Crippen molar-refractivity contribution in [2.24, 2.45) is 0 Å². The molecule has 19 heavy (non-hydrogen) atoms. The molecule has 2 rings (SSSR count). The van der Waals surface area contributed by atoms with Crippen LogP contribution in [0.15, 0.2) is 12.1 Å². The van der Waals surface area contributed by atoms with Gasteiger partial charge < -0.3 is 9.47 Å². The molecule has 0 aromatic heterocycles. The third-order valence-corrected chi connectivity index (χ3v) is 4.26. The Balaban J connectivity index is 2.07. The maximum absolute atomic E-state index is 6.22. The van der Waals surface area contributed by atoms with E-state index in [9.17, 15) is 0 Å². The van der Waals surface area contributed by atoms with Gasteiger partial charge in [-0.05, 0) is 43.9 Å². The Bertz CT molecular complexity index is 445. The van der Waals surface area contributed by atoms with Gasteiger partial charge in [0.1, 0.15) is 18.0 Å². The number of halogens is 1. The number of ether oxygens (including phenoxy) is 2.